The lowest BCUT2D eigenvalue weighted by Crippen LogP contribution is -2.46. The van der Waals surface area contributed by atoms with Gasteiger partial charge in [-0.2, -0.15) is 10.1 Å². The molecule has 1 aliphatic heterocycles. The molecule has 2 N–H and O–H groups in total. The number of aryl methyl sites for hydroxylation is 2. The third kappa shape index (κ3) is 2.53. The van der Waals surface area contributed by atoms with Gasteiger partial charge in [0.15, 0.2) is 17.1 Å². The molecule has 0 aromatic carbocycles. The lowest BCUT2D eigenvalue weighted by Gasteiger charge is -2.27. The zero-order valence-electron chi connectivity index (χ0n) is 16.5. The van der Waals surface area contributed by atoms with Crippen LogP contribution in [0.1, 0.15) is 17.7 Å². The predicted molar refractivity (Wildman–Crippen MR) is 106 cm³/mol. The van der Waals surface area contributed by atoms with Gasteiger partial charge in [-0.05, 0) is 38.0 Å². The molecule has 0 bridgehead atoms. The molecule has 1 spiro atoms. The second-order valence-corrected chi connectivity index (χ2v) is 8.36. The maximum Gasteiger partial charge on any atom is 0.249 e. The molecule has 152 valence electrons. The summed E-state index contributed by atoms with van der Waals surface area (Å²) in [6.45, 7) is 5.58. The Bertz CT molecular complexity index is 1350. The van der Waals surface area contributed by atoms with Crippen molar-refractivity contribution in [2.45, 2.75) is 20.3 Å². The second kappa shape index (κ2) is 5.82. The Hall–Kier alpha value is -3.40. The van der Waals surface area contributed by atoms with E-state index in [1.807, 2.05) is 26.1 Å². The van der Waals surface area contributed by atoms with Crippen molar-refractivity contribution in [3.8, 4) is 11.3 Å². The van der Waals surface area contributed by atoms with E-state index < -0.39 is 5.82 Å². The number of nitrogens with zero attached hydrogens (tertiary/aromatic N) is 6. The molecule has 10 heteroatoms. The van der Waals surface area contributed by atoms with E-state index in [1.165, 1.54) is 10.6 Å². The van der Waals surface area contributed by atoms with Gasteiger partial charge in [-0.3, -0.25) is 10.1 Å². The Morgan fingerprint density at radius 3 is 2.70 bits per heavy atom. The standard InChI is InChI=1S/C20H19FN8O/c1-10-3-15(26-28-6-11(2)23-16(10)28)12-4-14(21)17-24-19(27-29(17)7-12)25-18(30)13-5-20(13)8-22-9-20/h3-4,6-7,13,22H,5,8-9H2,1-2H3,(H,25,27,30). The smallest absolute Gasteiger partial charge is 0.249 e. The minimum atomic E-state index is -0.534. The summed E-state index contributed by atoms with van der Waals surface area (Å²) in [5.74, 6) is -0.558. The monoisotopic (exact) mass is 406 g/mol. The summed E-state index contributed by atoms with van der Waals surface area (Å²) in [5.41, 5.74) is 3.87. The number of pyridine rings is 1. The number of fused-ring (bicyclic) bond motifs is 2. The molecule has 1 unspecified atom stereocenters. The third-order valence-electron chi connectivity index (χ3n) is 6.11. The van der Waals surface area contributed by atoms with E-state index in [2.05, 4.69) is 30.8 Å². The number of halogens is 1. The molecule has 6 rings (SSSR count). The Kier molecular flexibility index (Phi) is 3.39. The van der Waals surface area contributed by atoms with Crippen molar-refractivity contribution < 1.29 is 9.18 Å². The van der Waals surface area contributed by atoms with E-state index in [9.17, 15) is 9.18 Å². The van der Waals surface area contributed by atoms with E-state index in [4.69, 9.17) is 0 Å². The third-order valence-corrected chi connectivity index (χ3v) is 6.11. The summed E-state index contributed by atoms with van der Waals surface area (Å²) in [7, 11) is 0. The van der Waals surface area contributed by atoms with Gasteiger partial charge in [0.2, 0.25) is 11.9 Å². The largest absolute Gasteiger partial charge is 0.315 e. The van der Waals surface area contributed by atoms with Gasteiger partial charge in [0.05, 0.1) is 17.6 Å². The Morgan fingerprint density at radius 2 is 1.97 bits per heavy atom. The van der Waals surface area contributed by atoms with E-state index in [0.29, 0.717) is 11.3 Å². The zero-order chi connectivity index (χ0) is 20.6. The molecule has 1 saturated carbocycles. The fourth-order valence-corrected chi connectivity index (χ4v) is 4.28. The molecule has 0 radical (unpaired) electrons. The molecule has 1 aliphatic carbocycles. The SMILES string of the molecule is Cc1cn2nc(-c3cc(F)c4nc(NC(=O)C5CC56CNC6)nn4c3)cc(C)c2n1. The number of aromatic nitrogens is 6. The van der Waals surface area contributed by atoms with Gasteiger partial charge in [0, 0.05) is 36.2 Å². The molecule has 1 amide bonds. The number of anilines is 1. The first-order valence-corrected chi connectivity index (χ1v) is 9.83. The second-order valence-electron chi connectivity index (χ2n) is 8.36. The number of carbonyl (C=O) groups is 1. The Labute approximate surface area is 170 Å². The normalized spacial score (nSPS) is 19.4. The fourth-order valence-electron chi connectivity index (χ4n) is 4.28. The van der Waals surface area contributed by atoms with E-state index in [1.54, 1.807) is 10.7 Å². The molecule has 5 heterocycles. The van der Waals surface area contributed by atoms with E-state index >= 15 is 0 Å². The van der Waals surface area contributed by atoms with Crippen LogP contribution in [0, 0.1) is 31.0 Å². The van der Waals surface area contributed by atoms with Crippen LogP contribution in [0.3, 0.4) is 0 Å². The van der Waals surface area contributed by atoms with Crippen molar-refractivity contribution in [3.63, 3.8) is 0 Å². The molecule has 4 aromatic rings. The van der Waals surface area contributed by atoms with Gasteiger partial charge < -0.3 is 5.32 Å². The number of amides is 1. The van der Waals surface area contributed by atoms with Crippen LogP contribution in [-0.4, -0.2) is 48.2 Å². The minimum absolute atomic E-state index is 0.0247. The van der Waals surface area contributed by atoms with Crippen LogP contribution in [0.15, 0.2) is 24.5 Å². The number of hydrogen-bond acceptors (Lipinski definition) is 6. The Balaban J connectivity index is 1.34. The van der Waals surface area contributed by atoms with Crippen LogP contribution < -0.4 is 10.6 Å². The van der Waals surface area contributed by atoms with Crippen molar-refractivity contribution in [2.75, 3.05) is 18.4 Å². The van der Waals surface area contributed by atoms with Gasteiger partial charge in [-0.25, -0.2) is 18.4 Å². The first kappa shape index (κ1) is 17.5. The van der Waals surface area contributed by atoms with E-state index in [0.717, 1.165) is 36.4 Å². The number of rotatable bonds is 3. The maximum absolute atomic E-state index is 14.8. The highest BCUT2D eigenvalue weighted by atomic mass is 19.1. The number of imidazole rings is 1. The van der Waals surface area contributed by atoms with Crippen molar-refractivity contribution in [3.05, 3.63) is 41.6 Å². The fraction of sp³-hybridized carbons (Fsp3) is 0.350. The van der Waals surface area contributed by atoms with Crippen molar-refractivity contribution in [1.82, 2.24) is 34.5 Å². The first-order valence-electron chi connectivity index (χ1n) is 9.83. The van der Waals surface area contributed by atoms with Crippen LogP contribution >= 0.6 is 0 Å². The molecule has 30 heavy (non-hydrogen) atoms. The van der Waals surface area contributed by atoms with Crippen LogP contribution in [0.25, 0.3) is 22.6 Å². The van der Waals surface area contributed by atoms with Crippen LogP contribution in [-0.2, 0) is 4.79 Å². The molecule has 1 saturated heterocycles. The lowest BCUT2D eigenvalue weighted by molar-refractivity contribution is -0.118. The van der Waals surface area contributed by atoms with Gasteiger partial charge in [-0.15, -0.1) is 5.10 Å². The molecule has 4 aromatic heterocycles. The van der Waals surface area contributed by atoms with Crippen molar-refractivity contribution >= 4 is 23.1 Å². The van der Waals surface area contributed by atoms with Gasteiger partial charge >= 0.3 is 0 Å². The molecule has 2 fully saturated rings. The average Bonchev–Trinajstić information content (AvgIpc) is 3.16. The highest BCUT2D eigenvalue weighted by Crippen LogP contribution is 2.55. The molecule has 9 nitrogen and oxygen atoms in total. The van der Waals surface area contributed by atoms with Crippen molar-refractivity contribution in [2.24, 2.45) is 11.3 Å². The molecular weight excluding hydrogens is 387 g/mol. The van der Waals surface area contributed by atoms with Crippen LogP contribution in [0.2, 0.25) is 0 Å². The predicted octanol–water partition coefficient (Wildman–Crippen LogP) is 1.74. The number of nitrogens with one attached hydrogen (secondary N) is 2. The number of hydrogen-bond donors (Lipinski definition) is 2. The van der Waals surface area contributed by atoms with Gasteiger partial charge in [0.1, 0.15) is 0 Å². The summed E-state index contributed by atoms with van der Waals surface area (Å²) >= 11 is 0. The number of carbonyl (C=O) groups excluding carboxylic acids is 1. The van der Waals surface area contributed by atoms with Gasteiger partial charge in [-0.1, -0.05) is 0 Å². The zero-order valence-corrected chi connectivity index (χ0v) is 16.5. The van der Waals surface area contributed by atoms with E-state index in [-0.39, 0.29) is 28.8 Å². The molecule has 1 atom stereocenters. The quantitative estimate of drug-likeness (QED) is 0.538. The Morgan fingerprint density at radius 1 is 1.17 bits per heavy atom. The minimum Gasteiger partial charge on any atom is -0.315 e. The van der Waals surface area contributed by atoms with Crippen LogP contribution in [0.4, 0.5) is 10.3 Å². The molecule has 2 aliphatic rings. The van der Waals surface area contributed by atoms with Crippen molar-refractivity contribution in [1.29, 1.82) is 0 Å². The molecular formula is C20H19FN8O. The summed E-state index contributed by atoms with van der Waals surface area (Å²) in [6, 6.07) is 3.24. The highest BCUT2D eigenvalue weighted by Gasteiger charge is 2.61. The van der Waals surface area contributed by atoms with Crippen LogP contribution in [0.5, 0.6) is 0 Å². The topological polar surface area (TPSA) is 102 Å². The summed E-state index contributed by atoms with van der Waals surface area (Å²) in [5, 5.41) is 14.7. The first-order chi connectivity index (χ1) is 14.4. The maximum atomic E-state index is 14.8. The van der Waals surface area contributed by atoms with Gasteiger partial charge in [0.25, 0.3) is 0 Å². The highest BCUT2D eigenvalue weighted by molar-refractivity contribution is 5.94. The summed E-state index contributed by atoms with van der Waals surface area (Å²) in [6.07, 6.45) is 4.36. The lowest BCUT2D eigenvalue weighted by atomic mass is 9.96. The average molecular weight is 406 g/mol. The summed E-state index contributed by atoms with van der Waals surface area (Å²) in [4.78, 5) is 21.1. The summed E-state index contributed by atoms with van der Waals surface area (Å²) < 4.78 is 17.8.